The van der Waals surface area contributed by atoms with Crippen LogP contribution >= 0.6 is 12.4 Å². The largest absolute Gasteiger partial charge is 0.356 e. The summed E-state index contributed by atoms with van der Waals surface area (Å²) in [5.41, 5.74) is 1.04. The summed E-state index contributed by atoms with van der Waals surface area (Å²) in [6.45, 7) is 4.56. The number of aromatic nitrogens is 2. The van der Waals surface area contributed by atoms with Crippen LogP contribution in [0.25, 0.3) is 10.9 Å². The lowest BCUT2D eigenvalue weighted by atomic mass is 9.99. The number of nitrogens with zero attached hydrogens (tertiary/aromatic N) is 3. The van der Waals surface area contributed by atoms with E-state index in [0.29, 0.717) is 0 Å². The molecule has 18 heavy (non-hydrogen) atoms. The zero-order valence-corrected chi connectivity index (χ0v) is 11.4. The van der Waals surface area contributed by atoms with Gasteiger partial charge in [-0.3, -0.25) is 0 Å². The summed E-state index contributed by atoms with van der Waals surface area (Å²) in [7, 11) is 0. The summed E-state index contributed by atoms with van der Waals surface area (Å²) < 4.78 is 0. The molecule has 0 bridgehead atoms. The number of fused-ring (bicyclic) bond motifs is 1. The Hall–Kier alpha value is -1.35. The maximum absolute atomic E-state index is 4.47. The Balaban J connectivity index is 0.00000120. The van der Waals surface area contributed by atoms with Crippen molar-refractivity contribution in [3.05, 3.63) is 30.6 Å². The molecule has 0 saturated carbocycles. The number of para-hydroxylation sites is 1. The molecule has 0 unspecified atom stereocenters. The van der Waals surface area contributed by atoms with Crippen LogP contribution in [0.1, 0.15) is 19.8 Å². The molecule has 1 aliphatic rings. The van der Waals surface area contributed by atoms with Gasteiger partial charge in [0.15, 0.2) is 0 Å². The highest BCUT2D eigenvalue weighted by atomic mass is 35.5. The van der Waals surface area contributed by atoms with Gasteiger partial charge in [-0.2, -0.15) is 0 Å². The molecule has 1 aliphatic heterocycles. The average Bonchev–Trinajstić information content (AvgIpc) is 2.39. The Morgan fingerprint density at radius 3 is 2.61 bits per heavy atom. The molecule has 1 aromatic heterocycles. The van der Waals surface area contributed by atoms with E-state index in [2.05, 4.69) is 33.9 Å². The van der Waals surface area contributed by atoms with E-state index >= 15 is 0 Å². The third-order valence-electron chi connectivity index (χ3n) is 3.60. The van der Waals surface area contributed by atoms with Gasteiger partial charge < -0.3 is 4.90 Å². The van der Waals surface area contributed by atoms with Crippen molar-refractivity contribution in [1.82, 2.24) is 9.97 Å². The molecule has 1 fully saturated rings. The first-order valence-corrected chi connectivity index (χ1v) is 6.29. The normalized spacial score (nSPS) is 16.6. The Morgan fingerprint density at radius 1 is 1.11 bits per heavy atom. The zero-order valence-electron chi connectivity index (χ0n) is 10.5. The van der Waals surface area contributed by atoms with Gasteiger partial charge in [0.25, 0.3) is 0 Å². The Labute approximate surface area is 114 Å². The molecule has 2 aromatic rings. The van der Waals surface area contributed by atoms with Crippen LogP contribution < -0.4 is 4.90 Å². The van der Waals surface area contributed by atoms with Gasteiger partial charge in [-0.15, -0.1) is 12.4 Å². The fourth-order valence-corrected chi connectivity index (χ4v) is 2.46. The molecule has 0 amide bonds. The third-order valence-corrected chi connectivity index (χ3v) is 3.60. The van der Waals surface area contributed by atoms with Gasteiger partial charge >= 0.3 is 0 Å². The molecular weight excluding hydrogens is 246 g/mol. The lowest BCUT2D eigenvalue weighted by molar-refractivity contribution is 0.437. The molecule has 0 aliphatic carbocycles. The lowest BCUT2D eigenvalue weighted by Crippen LogP contribution is -2.33. The highest BCUT2D eigenvalue weighted by molar-refractivity contribution is 5.89. The smallest absolute Gasteiger partial charge is 0.139 e. The predicted octanol–water partition coefficient (Wildman–Crippen LogP) is 3.29. The maximum atomic E-state index is 4.47. The van der Waals surface area contributed by atoms with E-state index in [1.54, 1.807) is 6.33 Å². The predicted molar refractivity (Wildman–Crippen MR) is 77.4 cm³/mol. The highest BCUT2D eigenvalue weighted by Gasteiger charge is 2.18. The van der Waals surface area contributed by atoms with Crippen LogP contribution in [0, 0.1) is 5.92 Å². The zero-order chi connectivity index (χ0) is 11.7. The summed E-state index contributed by atoms with van der Waals surface area (Å²) in [6.07, 6.45) is 4.20. The van der Waals surface area contributed by atoms with Crippen molar-refractivity contribution in [1.29, 1.82) is 0 Å². The van der Waals surface area contributed by atoms with Crippen LogP contribution in [0.4, 0.5) is 5.82 Å². The second-order valence-corrected chi connectivity index (χ2v) is 4.88. The molecule has 0 radical (unpaired) electrons. The molecule has 3 nitrogen and oxygen atoms in total. The fraction of sp³-hybridized carbons (Fsp3) is 0.429. The van der Waals surface area contributed by atoms with E-state index in [1.807, 2.05) is 12.1 Å². The minimum absolute atomic E-state index is 0. The SMILES string of the molecule is CC1CCN(c2ncnc3ccccc23)CC1.Cl. The fourth-order valence-electron chi connectivity index (χ4n) is 2.46. The van der Waals surface area contributed by atoms with Gasteiger partial charge in [-0.05, 0) is 30.9 Å². The van der Waals surface area contributed by atoms with E-state index in [1.165, 1.54) is 18.2 Å². The number of halogens is 1. The van der Waals surface area contributed by atoms with E-state index in [4.69, 9.17) is 0 Å². The van der Waals surface area contributed by atoms with Crippen molar-refractivity contribution in [2.45, 2.75) is 19.8 Å². The maximum Gasteiger partial charge on any atom is 0.139 e. The van der Waals surface area contributed by atoms with Crippen LogP contribution in [-0.4, -0.2) is 23.1 Å². The minimum Gasteiger partial charge on any atom is -0.356 e. The molecule has 0 spiro atoms. The van der Waals surface area contributed by atoms with Crippen LogP contribution in [0.15, 0.2) is 30.6 Å². The minimum atomic E-state index is 0. The molecule has 4 heteroatoms. The molecule has 1 saturated heterocycles. The highest BCUT2D eigenvalue weighted by Crippen LogP contribution is 2.26. The van der Waals surface area contributed by atoms with Crippen molar-refractivity contribution < 1.29 is 0 Å². The van der Waals surface area contributed by atoms with Gasteiger partial charge in [0.2, 0.25) is 0 Å². The number of rotatable bonds is 1. The molecule has 2 heterocycles. The molecule has 0 atom stereocenters. The van der Waals surface area contributed by atoms with Crippen LogP contribution in [-0.2, 0) is 0 Å². The number of hydrogen-bond acceptors (Lipinski definition) is 3. The molecule has 96 valence electrons. The second-order valence-electron chi connectivity index (χ2n) is 4.88. The van der Waals surface area contributed by atoms with Gasteiger partial charge in [0.1, 0.15) is 12.1 Å². The van der Waals surface area contributed by atoms with Crippen molar-refractivity contribution >= 4 is 29.1 Å². The van der Waals surface area contributed by atoms with Gasteiger partial charge in [0, 0.05) is 18.5 Å². The van der Waals surface area contributed by atoms with Gasteiger partial charge in [-0.25, -0.2) is 9.97 Å². The molecular formula is C14H18ClN3. The van der Waals surface area contributed by atoms with Crippen LogP contribution in [0.2, 0.25) is 0 Å². The van der Waals surface area contributed by atoms with Crippen molar-refractivity contribution in [3.8, 4) is 0 Å². The van der Waals surface area contributed by atoms with E-state index in [0.717, 1.165) is 30.3 Å². The van der Waals surface area contributed by atoms with E-state index < -0.39 is 0 Å². The summed E-state index contributed by atoms with van der Waals surface area (Å²) >= 11 is 0. The summed E-state index contributed by atoms with van der Waals surface area (Å²) in [5, 5.41) is 1.17. The summed E-state index contributed by atoms with van der Waals surface area (Å²) in [6, 6.07) is 8.24. The number of benzene rings is 1. The Bertz CT molecular complexity index is 516. The monoisotopic (exact) mass is 263 g/mol. The number of piperidine rings is 1. The van der Waals surface area contributed by atoms with Crippen LogP contribution in [0.5, 0.6) is 0 Å². The quantitative estimate of drug-likeness (QED) is 0.791. The van der Waals surface area contributed by atoms with Crippen molar-refractivity contribution in [2.75, 3.05) is 18.0 Å². The number of hydrogen-bond donors (Lipinski definition) is 0. The third kappa shape index (κ3) is 2.41. The average molecular weight is 264 g/mol. The molecule has 0 N–H and O–H groups in total. The number of anilines is 1. The second kappa shape index (κ2) is 5.53. The van der Waals surface area contributed by atoms with Gasteiger partial charge in [-0.1, -0.05) is 19.1 Å². The first-order chi connectivity index (χ1) is 8.34. The standard InChI is InChI=1S/C14H17N3.ClH/c1-11-6-8-17(9-7-11)14-12-4-2-3-5-13(12)15-10-16-14;/h2-5,10-11H,6-9H2,1H3;1H. The van der Waals surface area contributed by atoms with Crippen molar-refractivity contribution in [3.63, 3.8) is 0 Å². The first-order valence-electron chi connectivity index (χ1n) is 6.29. The van der Waals surface area contributed by atoms with Crippen LogP contribution in [0.3, 0.4) is 0 Å². The Kier molecular flexibility index (Phi) is 4.02. The molecule has 3 rings (SSSR count). The van der Waals surface area contributed by atoms with Crippen molar-refractivity contribution in [2.24, 2.45) is 5.92 Å². The topological polar surface area (TPSA) is 29.0 Å². The first kappa shape index (κ1) is 13.1. The Morgan fingerprint density at radius 2 is 1.83 bits per heavy atom. The molecule has 1 aromatic carbocycles. The summed E-state index contributed by atoms with van der Waals surface area (Å²) in [4.78, 5) is 11.2. The van der Waals surface area contributed by atoms with E-state index in [-0.39, 0.29) is 12.4 Å². The summed E-state index contributed by atoms with van der Waals surface area (Å²) in [5.74, 6) is 1.95. The van der Waals surface area contributed by atoms with Gasteiger partial charge in [0.05, 0.1) is 5.52 Å². The van der Waals surface area contributed by atoms with E-state index in [9.17, 15) is 0 Å². The lowest BCUT2D eigenvalue weighted by Gasteiger charge is -2.31.